The van der Waals surface area contributed by atoms with Crippen LogP contribution in [-0.4, -0.2) is 36.5 Å². The van der Waals surface area contributed by atoms with Crippen LogP contribution < -0.4 is 20.7 Å². The van der Waals surface area contributed by atoms with Gasteiger partial charge < -0.3 is 20.7 Å². The number of carbonyl (C=O) groups is 2. The fraction of sp³-hybridized carbons (Fsp3) is 0.429. The number of hydrogen-bond donors (Lipinski definition) is 3. The number of dihydropyridines is 1. The van der Waals surface area contributed by atoms with Crippen LogP contribution in [0.1, 0.15) is 26.2 Å². The van der Waals surface area contributed by atoms with Crippen LogP contribution >= 0.6 is 11.6 Å². The van der Waals surface area contributed by atoms with Crippen molar-refractivity contribution in [3.8, 4) is 5.75 Å². The first-order valence-corrected chi connectivity index (χ1v) is 9.98. The average molecular weight is 420 g/mol. The normalized spacial score (nSPS) is 28.9. The van der Waals surface area contributed by atoms with E-state index in [4.69, 9.17) is 16.3 Å². The van der Waals surface area contributed by atoms with Gasteiger partial charge in [-0.2, -0.15) is 0 Å². The van der Waals surface area contributed by atoms with Crippen molar-refractivity contribution in [1.82, 2.24) is 16.0 Å². The smallest absolute Gasteiger partial charge is 0.258 e. The second kappa shape index (κ2) is 7.37. The summed E-state index contributed by atoms with van der Waals surface area (Å²) in [5, 5.41) is 9.14. The second-order valence-electron chi connectivity index (χ2n) is 8.22. The Morgan fingerprint density at radius 2 is 2.10 bits per heavy atom. The molecule has 0 radical (unpaired) electrons. The Morgan fingerprint density at radius 1 is 1.34 bits per heavy atom. The van der Waals surface area contributed by atoms with Gasteiger partial charge in [-0.15, -0.1) is 0 Å². The van der Waals surface area contributed by atoms with E-state index >= 15 is 0 Å². The topological polar surface area (TPSA) is 79.5 Å². The van der Waals surface area contributed by atoms with E-state index in [0.717, 1.165) is 11.6 Å². The lowest BCUT2D eigenvalue weighted by atomic mass is 9.39. The van der Waals surface area contributed by atoms with Gasteiger partial charge in [-0.1, -0.05) is 23.8 Å². The Bertz CT molecular complexity index is 895. The lowest BCUT2D eigenvalue weighted by Gasteiger charge is -2.69. The van der Waals surface area contributed by atoms with Crippen LogP contribution in [0.5, 0.6) is 5.75 Å². The van der Waals surface area contributed by atoms with Gasteiger partial charge in [0.25, 0.3) is 5.91 Å². The highest BCUT2D eigenvalue weighted by atomic mass is 35.5. The molecule has 3 N–H and O–H groups in total. The van der Waals surface area contributed by atoms with Crippen molar-refractivity contribution in [2.24, 2.45) is 5.41 Å². The quantitative estimate of drug-likeness (QED) is 0.634. The molecule has 1 aromatic rings. The van der Waals surface area contributed by atoms with E-state index in [1.165, 1.54) is 12.1 Å². The first-order valence-electron chi connectivity index (χ1n) is 9.60. The van der Waals surface area contributed by atoms with Crippen molar-refractivity contribution in [2.45, 2.75) is 37.8 Å². The number of rotatable bonds is 7. The molecule has 3 saturated carbocycles. The summed E-state index contributed by atoms with van der Waals surface area (Å²) < 4.78 is 18.7. The summed E-state index contributed by atoms with van der Waals surface area (Å²) in [5.74, 6) is -0.603. The minimum absolute atomic E-state index is 0.000800. The van der Waals surface area contributed by atoms with E-state index < -0.39 is 5.82 Å². The number of carbonyl (C=O) groups excluding carboxylic acids is 2. The van der Waals surface area contributed by atoms with Gasteiger partial charge in [0.1, 0.15) is 11.6 Å². The molecule has 2 amide bonds. The van der Waals surface area contributed by atoms with Crippen LogP contribution in [0.4, 0.5) is 4.39 Å². The maximum Gasteiger partial charge on any atom is 0.258 e. The van der Waals surface area contributed by atoms with Gasteiger partial charge in [0.05, 0.1) is 10.4 Å². The monoisotopic (exact) mass is 419 g/mol. The number of halogens is 2. The van der Waals surface area contributed by atoms with Gasteiger partial charge in [-0.3, -0.25) is 9.59 Å². The summed E-state index contributed by atoms with van der Waals surface area (Å²) in [6, 6.07) is 4.33. The van der Waals surface area contributed by atoms with Crippen molar-refractivity contribution < 1.29 is 18.7 Å². The maximum atomic E-state index is 13.4. The Kier molecular flexibility index (Phi) is 5.02. The zero-order valence-electron chi connectivity index (χ0n) is 16.1. The Morgan fingerprint density at radius 3 is 2.76 bits per heavy atom. The molecule has 2 bridgehead atoms. The molecular formula is C21H23ClFN3O3. The van der Waals surface area contributed by atoms with Crippen LogP contribution in [0.15, 0.2) is 42.1 Å². The van der Waals surface area contributed by atoms with Gasteiger partial charge in [0.2, 0.25) is 5.91 Å². The molecule has 1 aromatic carbocycles. The van der Waals surface area contributed by atoms with Crippen LogP contribution in [-0.2, 0) is 9.59 Å². The van der Waals surface area contributed by atoms with E-state index in [1.54, 1.807) is 0 Å². The molecule has 1 atom stereocenters. The zero-order valence-corrected chi connectivity index (χ0v) is 16.8. The molecule has 3 aliphatic carbocycles. The molecule has 5 rings (SSSR count). The molecule has 3 fully saturated rings. The molecule has 0 spiro atoms. The highest BCUT2D eigenvalue weighted by Gasteiger charge is 2.72. The van der Waals surface area contributed by atoms with Crippen LogP contribution in [0.2, 0.25) is 5.02 Å². The average Bonchev–Trinajstić information content (AvgIpc) is 2.63. The number of amides is 2. The highest BCUT2D eigenvalue weighted by molar-refractivity contribution is 6.30. The van der Waals surface area contributed by atoms with E-state index in [0.29, 0.717) is 31.8 Å². The summed E-state index contributed by atoms with van der Waals surface area (Å²) in [6.07, 6.45) is 7.89. The Balaban J connectivity index is 1.19. The second-order valence-corrected chi connectivity index (χ2v) is 8.63. The summed E-state index contributed by atoms with van der Waals surface area (Å²) in [7, 11) is 0. The summed E-state index contributed by atoms with van der Waals surface area (Å²) in [5.41, 5.74) is 0.346. The Labute approximate surface area is 173 Å². The van der Waals surface area contributed by atoms with Crippen molar-refractivity contribution in [3.05, 3.63) is 53.0 Å². The molecule has 1 aliphatic heterocycles. The molecule has 0 aromatic heterocycles. The highest BCUT2D eigenvalue weighted by Crippen LogP contribution is 2.67. The summed E-state index contributed by atoms with van der Waals surface area (Å²) in [6.45, 7) is 2.33. The standard InChI is InChI=1S/C21H23ClFN3O3/c1-13-2-3-14(7-24-13)8-25-19(28)20-10-21(11-20,12-20)26-18(27)9-29-15-4-5-16(22)17(23)6-15/h2-7,13,24H,8-12H2,1H3,(H,25,28)(H,26,27). The molecule has 0 saturated heterocycles. The third kappa shape index (κ3) is 3.96. The number of nitrogens with one attached hydrogen (secondary N) is 3. The SMILES string of the molecule is CC1C=CC(CNC(=O)C23CC(NC(=O)COc4ccc(Cl)c(F)c4)(C2)C3)=CN1. The maximum absolute atomic E-state index is 13.4. The lowest BCUT2D eigenvalue weighted by molar-refractivity contribution is -0.183. The molecular weight excluding hydrogens is 397 g/mol. The van der Waals surface area contributed by atoms with Crippen LogP contribution in [0, 0.1) is 11.2 Å². The summed E-state index contributed by atoms with van der Waals surface area (Å²) in [4.78, 5) is 24.7. The van der Waals surface area contributed by atoms with Crippen LogP contribution in [0.3, 0.4) is 0 Å². The van der Waals surface area contributed by atoms with E-state index in [2.05, 4.69) is 22.9 Å². The molecule has 1 unspecified atom stereocenters. The van der Waals surface area contributed by atoms with E-state index in [1.807, 2.05) is 18.4 Å². The van der Waals surface area contributed by atoms with Crippen molar-refractivity contribution in [3.63, 3.8) is 0 Å². The predicted molar refractivity (Wildman–Crippen MR) is 107 cm³/mol. The predicted octanol–water partition coefficient (Wildman–Crippen LogP) is 2.44. The van der Waals surface area contributed by atoms with E-state index in [-0.39, 0.29) is 40.1 Å². The number of hydrogen-bond acceptors (Lipinski definition) is 4. The fourth-order valence-electron chi connectivity index (χ4n) is 4.30. The third-order valence-electron chi connectivity index (χ3n) is 5.76. The number of ether oxygens (including phenoxy) is 1. The minimum Gasteiger partial charge on any atom is -0.484 e. The fourth-order valence-corrected chi connectivity index (χ4v) is 4.42. The first kappa shape index (κ1) is 19.8. The molecule has 4 aliphatic rings. The molecule has 6 nitrogen and oxygen atoms in total. The first-order chi connectivity index (χ1) is 13.8. The molecule has 8 heteroatoms. The van der Waals surface area contributed by atoms with Crippen LogP contribution in [0.25, 0.3) is 0 Å². The van der Waals surface area contributed by atoms with Crippen molar-refractivity contribution >= 4 is 23.4 Å². The van der Waals surface area contributed by atoms with Crippen molar-refractivity contribution in [1.29, 1.82) is 0 Å². The van der Waals surface area contributed by atoms with Gasteiger partial charge in [0.15, 0.2) is 6.61 Å². The largest absolute Gasteiger partial charge is 0.484 e. The van der Waals surface area contributed by atoms with Gasteiger partial charge in [-0.25, -0.2) is 4.39 Å². The van der Waals surface area contributed by atoms with Gasteiger partial charge >= 0.3 is 0 Å². The molecule has 29 heavy (non-hydrogen) atoms. The minimum atomic E-state index is -0.596. The van der Waals surface area contributed by atoms with Gasteiger partial charge in [0, 0.05) is 30.4 Å². The van der Waals surface area contributed by atoms with Crippen molar-refractivity contribution in [2.75, 3.05) is 13.2 Å². The number of benzene rings is 1. The third-order valence-corrected chi connectivity index (χ3v) is 6.07. The molecule has 1 heterocycles. The Hall–Kier alpha value is -2.54. The summed E-state index contributed by atoms with van der Waals surface area (Å²) >= 11 is 5.62. The zero-order chi connectivity index (χ0) is 20.6. The van der Waals surface area contributed by atoms with Gasteiger partial charge in [-0.05, 0) is 43.9 Å². The molecule has 154 valence electrons. The lowest BCUT2D eigenvalue weighted by Crippen LogP contribution is -2.78. The van der Waals surface area contributed by atoms with E-state index in [9.17, 15) is 14.0 Å².